The van der Waals surface area contributed by atoms with Crippen molar-refractivity contribution in [3.63, 3.8) is 0 Å². The van der Waals surface area contributed by atoms with Crippen molar-refractivity contribution in [3.05, 3.63) is 54.6 Å². The van der Waals surface area contributed by atoms with Gasteiger partial charge in [-0.25, -0.2) is 0 Å². The molecule has 1 unspecified atom stereocenters. The van der Waals surface area contributed by atoms with E-state index in [1.165, 1.54) is 21.5 Å². The molecule has 4 rings (SSSR count). The van der Waals surface area contributed by atoms with Gasteiger partial charge in [-0.3, -0.25) is 0 Å². The molecule has 0 aromatic heterocycles. The maximum Gasteiger partial charge on any atom is 0.120 e. The molecule has 3 heteroatoms. The molecule has 0 aliphatic heterocycles. The van der Waals surface area contributed by atoms with Gasteiger partial charge in [-0.1, -0.05) is 42.5 Å². The third-order valence-electron chi connectivity index (χ3n) is 4.09. The molecule has 110 valence electrons. The fourth-order valence-electron chi connectivity index (χ4n) is 3.05. The van der Waals surface area contributed by atoms with Gasteiger partial charge in [0.15, 0.2) is 0 Å². The maximum absolute atomic E-state index is 9.42. The fraction of sp³-hybridized carbons (Fsp3) is 0.158. The molecule has 0 spiro atoms. The number of hydrogen-bond donors (Lipinski definition) is 2. The molecule has 0 saturated carbocycles. The number of benzene rings is 4. The van der Waals surface area contributed by atoms with Crippen LogP contribution in [0.3, 0.4) is 0 Å². The minimum absolute atomic E-state index is 0.0873. The summed E-state index contributed by atoms with van der Waals surface area (Å²) in [5, 5.41) is 25.5. The highest BCUT2D eigenvalue weighted by atomic mass is 16.5. The van der Waals surface area contributed by atoms with Gasteiger partial charge in [-0.05, 0) is 44.5 Å². The first-order valence-electron chi connectivity index (χ1n) is 7.35. The molecule has 0 radical (unpaired) electrons. The Labute approximate surface area is 127 Å². The van der Waals surface area contributed by atoms with Crippen LogP contribution < -0.4 is 4.74 Å². The first kappa shape index (κ1) is 13.3. The Balaban J connectivity index is 1.90. The Bertz CT molecular complexity index is 881. The zero-order valence-corrected chi connectivity index (χ0v) is 12.0. The van der Waals surface area contributed by atoms with Crippen molar-refractivity contribution in [1.29, 1.82) is 0 Å². The number of rotatable bonds is 4. The lowest BCUT2D eigenvalue weighted by Crippen LogP contribution is -2.21. The average molecular weight is 292 g/mol. The Hall–Kier alpha value is -2.36. The molecule has 0 fully saturated rings. The zero-order valence-electron chi connectivity index (χ0n) is 12.0. The second-order valence-corrected chi connectivity index (χ2v) is 5.60. The van der Waals surface area contributed by atoms with E-state index in [-0.39, 0.29) is 13.2 Å². The minimum Gasteiger partial charge on any atom is -0.491 e. The minimum atomic E-state index is -0.856. The molecule has 0 aliphatic rings. The van der Waals surface area contributed by atoms with Crippen LogP contribution in [0.4, 0.5) is 0 Å². The van der Waals surface area contributed by atoms with E-state index >= 15 is 0 Å². The lowest BCUT2D eigenvalue weighted by molar-refractivity contribution is 0.0537. The maximum atomic E-state index is 9.42. The molecule has 3 nitrogen and oxygen atoms in total. The van der Waals surface area contributed by atoms with Gasteiger partial charge in [0.25, 0.3) is 0 Å². The van der Waals surface area contributed by atoms with Gasteiger partial charge >= 0.3 is 0 Å². The van der Waals surface area contributed by atoms with Crippen molar-refractivity contribution in [2.75, 3.05) is 13.2 Å². The zero-order chi connectivity index (χ0) is 15.1. The van der Waals surface area contributed by atoms with E-state index < -0.39 is 6.10 Å². The summed E-state index contributed by atoms with van der Waals surface area (Å²) in [5.74, 6) is 0.707. The van der Waals surface area contributed by atoms with Crippen LogP contribution in [0.15, 0.2) is 54.6 Å². The van der Waals surface area contributed by atoms with Gasteiger partial charge in [0, 0.05) is 0 Å². The Morgan fingerprint density at radius 1 is 0.818 bits per heavy atom. The first-order chi connectivity index (χ1) is 10.8. The lowest BCUT2D eigenvalue weighted by atomic mass is 9.94. The van der Waals surface area contributed by atoms with Crippen molar-refractivity contribution in [3.8, 4) is 5.75 Å². The number of aliphatic hydroxyl groups excluding tert-OH is 2. The molecule has 2 N–H and O–H groups in total. The molecule has 0 heterocycles. The average Bonchev–Trinajstić information content (AvgIpc) is 2.57. The highest BCUT2D eigenvalue weighted by molar-refractivity contribution is 6.23. The summed E-state index contributed by atoms with van der Waals surface area (Å²) in [5.41, 5.74) is 0. The van der Waals surface area contributed by atoms with E-state index in [2.05, 4.69) is 42.5 Å². The molecule has 22 heavy (non-hydrogen) atoms. The van der Waals surface area contributed by atoms with Crippen LogP contribution in [0.5, 0.6) is 5.75 Å². The van der Waals surface area contributed by atoms with Crippen LogP contribution in [-0.4, -0.2) is 29.5 Å². The summed E-state index contributed by atoms with van der Waals surface area (Å²) in [6.45, 7) is -0.210. The predicted molar refractivity (Wildman–Crippen MR) is 88.7 cm³/mol. The lowest BCUT2D eigenvalue weighted by Gasteiger charge is -2.14. The summed E-state index contributed by atoms with van der Waals surface area (Å²) in [7, 11) is 0. The Morgan fingerprint density at radius 3 is 1.95 bits per heavy atom. The van der Waals surface area contributed by atoms with Crippen LogP contribution in [0, 0.1) is 0 Å². The third kappa shape index (κ3) is 2.06. The van der Waals surface area contributed by atoms with E-state index in [4.69, 9.17) is 9.84 Å². The van der Waals surface area contributed by atoms with Crippen LogP contribution in [0.2, 0.25) is 0 Å². The molecule has 0 amide bonds. The Morgan fingerprint density at radius 2 is 1.36 bits per heavy atom. The van der Waals surface area contributed by atoms with E-state index in [0.717, 1.165) is 10.8 Å². The number of aliphatic hydroxyl groups is 2. The summed E-state index contributed by atoms with van der Waals surface area (Å²) in [6, 6.07) is 18.7. The van der Waals surface area contributed by atoms with Crippen molar-refractivity contribution in [2.45, 2.75) is 6.10 Å². The number of hydrogen-bond acceptors (Lipinski definition) is 3. The van der Waals surface area contributed by atoms with E-state index in [1.807, 2.05) is 12.1 Å². The van der Waals surface area contributed by atoms with E-state index in [1.54, 1.807) is 0 Å². The predicted octanol–water partition coefficient (Wildman–Crippen LogP) is 3.32. The SMILES string of the molecule is OCC(O)COc1cc2ccc3cccc4ccc(c1)c2c34. The second-order valence-electron chi connectivity index (χ2n) is 5.60. The van der Waals surface area contributed by atoms with Crippen LogP contribution >= 0.6 is 0 Å². The van der Waals surface area contributed by atoms with Crippen LogP contribution in [-0.2, 0) is 0 Å². The summed E-state index contributed by atoms with van der Waals surface area (Å²) in [4.78, 5) is 0. The third-order valence-corrected chi connectivity index (χ3v) is 4.09. The fourth-order valence-corrected chi connectivity index (χ4v) is 3.05. The van der Waals surface area contributed by atoms with Gasteiger partial charge in [-0.15, -0.1) is 0 Å². The van der Waals surface area contributed by atoms with Gasteiger partial charge in [-0.2, -0.15) is 0 Å². The topological polar surface area (TPSA) is 49.7 Å². The molecular formula is C19H16O3. The van der Waals surface area contributed by atoms with E-state index in [9.17, 15) is 5.11 Å². The number of ether oxygens (including phenoxy) is 1. The molecule has 0 aliphatic carbocycles. The standard InChI is InChI=1S/C19H16O3/c20-10-16(21)11-22-17-8-14-6-4-12-2-1-3-13-5-7-15(9-17)19(14)18(12)13/h1-9,16,20-21H,10-11H2. The highest BCUT2D eigenvalue weighted by Crippen LogP contribution is 2.36. The quantitative estimate of drug-likeness (QED) is 0.567. The summed E-state index contributed by atoms with van der Waals surface area (Å²) < 4.78 is 5.60. The monoisotopic (exact) mass is 292 g/mol. The van der Waals surface area contributed by atoms with Crippen LogP contribution in [0.1, 0.15) is 0 Å². The first-order valence-corrected chi connectivity index (χ1v) is 7.35. The molecular weight excluding hydrogens is 276 g/mol. The van der Waals surface area contributed by atoms with Gasteiger partial charge in [0.05, 0.1) is 6.61 Å². The van der Waals surface area contributed by atoms with Crippen molar-refractivity contribution in [1.82, 2.24) is 0 Å². The smallest absolute Gasteiger partial charge is 0.120 e. The van der Waals surface area contributed by atoms with Crippen LogP contribution in [0.25, 0.3) is 32.3 Å². The van der Waals surface area contributed by atoms with Crippen molar-refractivity contribution >= 4 is 32.3 Å². The molecule has 0 bridgehead atoms. The highest BCUT2D eigenvalue weighted by Gasteiger charge is 2.10. The summed E-state index contributed by atoms with van der Waals surface area (Å²) >= 11 is 0. The summed E-state index contributed by atoms with van der Waals surface area (Å²) in [6.07, 6.45) is -0.856. The second kappa shape index (κ2) is 5.13. The largest absolute Gasteiger partial charge is 0.491 e. The van der Waals surface area contributed by atoms with Gasteiger partial charge in [0.1, 0.15) is 18.5 Å². The van der Waals surface area contributed by atoms with Gasteiger partial charge < -0.3 is 14.9 Å². The molecule has 4 aromatic carbocycles. The molecule has 4 aromatic rings. The van der Waals surface area contributed by atoms with Crippen molar-refractivity contribution < 1.29 is 14.9 Å². The molecule has 1 atom stereocenters. The van der Waals surface area contributed by atoms with Gasteiger partial charge in [0.2, 0.25) is 0 Å². The Kier molecular flexibility index (Phi) is 3.10. The van der Waals surface area contributed by atoms with E-state index in [0.29, 0.717) is 5.75 Å². The van der Waals surface area contributed by atoms with Crippen molar-refractivity contribution in [2.24, 2.45) is 0 Å². The normalized spacial score (nSPS) is 13.2. The molecule has 0 saturated heterocycles.